The molecule has 2 heterocycles. The Labute approximate surface area is 178 Å². The van der Waals surface area contributed by atoms with Gasteiger partial charge in [-0.15, -0.1) is 0 Å². The summed E-state index contributed by atoms with van der Waals surface area (Å²) >= 11 is 6.04. The van der Waals surface area contributed by atoms with Gasteiger partial charge in [0.15, 0.2) is 0 Å². The Balaban J connectivity index is 1.69. The zero-order valence-electron chi connectivity index (χ0n) is 18.1. The van der Waals surface area contributed by atoms with E-state index in [1.165, 1.54) is 5.56 Å². The monoisotopic (exact) mass is 421 g/mol. The van der Waals surface area contributed by atoms with Crippen LogP contribution in [0.2, 0.25) is 5.02 Å². The van der Waals surface area contributed by atoms with E-state index in [0.717, 1.165) is 6.42 Å². The van der Waals surface area contributed by atoms with Gasteiger partial charge in [0.05, 0.1) is 11.1 Å². The summed E-state index contributed by atoms with van der Waals surface area (Å²) in [5, 5.41) is 7.12. The van der Waals surface area contributed by atoms with E-state index in [9.17, 15) is 9.59 Å². The number of fused-ring (bicyclic) bond motifs is 1. The van der Waals surface area contributed by atoms with Crippen LogP contribution < -0.4 is 10.6 Å². The Morgan fingerprint density at radius 2 is 1.86 bits per heavy atom. The Bertz CT molecular complexity index is 789. The van der Waals surface area contributed by atoms with Gasteiger partial charge in [-0.1, -0.05) is 37.6 Å². The minimum Gasteiger partial charge on any atom is -0.444 e. The summed E-state index contributed by atoms with van der Waals surface area (Å²) in [5.41, 5.74) is 0.273. The summed E-state index contributed by atoms with van der Waals surface area (Å²) < 4.78 is 5.34. The van der Waals surface area contributed by atoms with Crippen LogP contribution in [0.3, 0.4) is 0 Å². The van der Waals surface area contributed by atoms with Gasteiger partial charge in [0, 0.05) is 18.1 Å². The number of likely N-dealkylation sites (tertiary alicyclic amines) is 1. The zero-order valence-corrected chi connectivity index (χ0v) is 18.9. The molecule has 1 aromatic rings. The standard InChI is InChI=1S/C22H32ClN3O3/c1-14(2)17(24-19(28)29-20(3,4)5)18(27)26-12-11-22(21(6,13-26)25-22)15-7-9-16(23)10-8-15/h7-10,14,17,25H,11-13H2,1-6H3,(H,24,28)/t17-,21?,22?/m1/s1. The summed E-state index contributed by atoms with van der Waals surface area (Å²) in [6, 6.07) is 7.31. The first-order chi connectivity index (χ1) is 13.4. The van der Waals surface area contributed by atoms with E-state index in [2.05, 4.69) is 29.7 Å². The molecule has 0 bridgehead atoms. The average Bonchev–Trinajstić information content (AvgIpc) is 3.24. The molecule has 6 nitrogen and oxygen atoms in total. The molecule has 29 heavy (non-hydrogen) atoms. The predicted octanol–water partition coefficient (Wildman–Crippen LogP) is 3.68. The fraction of sp³-hybridized carbons (Fsp3) is 0.636. The van der Waals surface area contributed by atoms with Crippen molar-refractivity contribution in [2.24, 2.45) is 5.92 Å². The van der Waals surface area contributed by atoms with Crippen molar-refractivity contribution in [2.45, 2.75) is 70.7 Å². The SMILES string of the molecule is CC(C)[C@@H](NC(=O)OC(C)(C)C)C(=O)N1CCC2(c3ccc(Cl)cc3)NC2(C)C1. The highest BCUT2D eigenvalue weighted by Gasteiger charge is 2.67. The number of amides is 2. The van der Waals surface area contributed by atoms with Crippen molar-refractivity contribution in [1.82, 2.24) is 15.5 Å². The smallest absolute Gasteiger partial charge is 0.408 e. The number of halogens is 1. The van der Waals surface area contributed by atoms with Crippen LogP contribution in [-0.4, -0.2) is 47.2 Å². The van der Waals surface area contributed by atoms with Crippen LogP contribution in [-0.2, 0) is 15.1 Å². The highest BCUT2D eigenvalue weighted by molar-refractivity contribution is 6.30. The minimum absolute atomic E-state index is 0.0436. The second-order valence-electron chi connectivity index (χ2n) is 9.75. The fourth-order valence-corrected chi connectivity index (χ4v) is 4.44. The van der Waals surface area contributed by atoms with Crippen molar-refractivity contribution in [2.75, 3.05) is 13.1 Å². The van der Waals surface area contributed by atoms with E-state index < -0.39 is 17.7 Å². The normalized spacial score (nSPS) is 27.2. The highest BCUT2D eigenvalue weighted by Crippen LogP contribution is 2.53. The molecule has 3 rings (SSSR count). The van der Waals surface area contributed by atoms with Crippen LogP contribution in [0.5, 0.6) is 0 Å². The number of alkyl carbamates (subject to hydrolysis) is 1. The molecule has 160 valence electrons. The molecular formula is C22H32ClN3O3. The van der Waals surface area contributed by atoms with Crippen molar-refractivity contribution in [3.05, 3.63) is 34.9 Å². The molecule has 0 saturated carbocycles. The maximum Gasteiger partial charge on any atom is 0.408 e. The number of hydrogen-bond acceptors (Lipinski definition) is 4. The van der Waals surface area contributed by atoms with Gasteiger partial charge < -0.3 is 15.0 Å². The fourth-order valence-electron chi connectivity index (χ4n) is 4.32. The topological polar surface area (TPSA) is 80.6 Å². The van der Waals surface area contributed by atoms with E-state index in [-0.39, 0.29) is 22.9 Å². The number of benzene rings is 1. The van der Waals surface area contributed by atoms with Crippen LogP contribution in [0, 0.1) is 5.92 Å². The molecule has 2 saturated heterocycles. The lowest BCUT2D eigenvalue weighted by atomic mass is 9.81. The third-order valence-corrected chi connectivity index (χ3v) is 6.14. The Morgan fingerprint density at radius 3 is 2.38 bits per heavy atom. The molecule has 2 fully saturated rings. The van der Waals surface area contributed by atoms with Crippen molar-refractivity contribution >= 4 is 23.6 Å². The van der Waals surface area contributed by atoms with Crippen molar-refractivity contribution < 1.29 is 14.3 Å². The first-order valence-electron chi connectivity index (χ1n) is 10.2. The van der Waals surface area contributed by atoms with Crippen molar-refractivity contribution in [3.63, 3.8) is 0 Å². The van der Waals surface area contributed by atoms with Crippen LogP contribution in [0.25, 0.3) is 0 Å². The number of piperidine rings is 1. The third-order valence-electron chi connectivity index (χ3n) is 5.89. The average molecular weight is 422 g/mol. The molecule has 3 atom stereocenters. The molecule has 0 aromatic heterocycles. The Kier molecular flexibility index (Phi) is 5.65. The Morgan fingerprint density at radius 1 is 1.24 bits per heavy atom. The maximum atomic E-state index is 13.2. The van der Waals surface area contributed by atoms with E-state index in [4.69, 9.17) is 16.3 Å². The lowest BCUT2D eigenvalue weighted by Gasteiger charge is -2.37. The molecule has 0 radical (unpaired) electrons. The maximum absolute atomic E-state index is 13.2. The number of carbonyl (C=O) groups is 2. The lowest BCUT2D eigenvalue weighted by molar-refractivity contribution is -0.136. The summed E-state index contributed by atoms with van der Waals surface area (Å²) in [6.07, 6.45) is 0.251. The molecule has 7 heteroatoms. The van der Waals surface area contributed by atoms with Crippen molar-refractivity contribution in [1.29, 1.82) is 0 Å². The molecule has 2 N–H and O–H groups in total. The number of nitrogens with zero attached hydrogens (tertiary/aromatic N) is 1. The molecular weight excluding hydrogens is 390 g/mol. The second-order valence-corrected chi connectivity index (χ2v) is 10.2. The van der Waals surface area contributed by atoms with E-state index in [0.29, 0.717) is 18.1 Å². The first-order valence-corrected chi connectivity index (χ1v) is 10.6. The van der Waals surface area contributed by atoms with Gasteiger partial charge in [0.2, 0.25) is 5.91 Å². The van der Waals surface area contributed by atoms with Gasteiger partial charge in [-0.2, -0.15) is 0 Å². The van der Waals surface area contributed by atoms with Gasteiger partial charge in [-0.05, 0) is 57.7 Å². The molecule has 1 aromatic carbocycles. The summed E-state index contributed by atoms with van der Waals surface area (Å²) in [7, 11) is 0. The Hall–Kier alpha value is -1.79. The summed E-state index contributed by atoms with van der Waals surface area (Å²) in [6.45, 7) is 12.6. The number of carbonyl (C=O) groups excluding carboxylic acids is 2. The quantitative estimate of drug-likeness (QED) is 0.726. The minimum atomic E-state index is -0.616. The summed E-state index contributed by atoms with van der Waals surface area (Å²) in [4.78, 5) is 27.3. The second kappa shape index (κ2) is 7.47. The predicted molar refractivity (Wildman–Crippen MR) is 114 cm³/mol. The van der Waals surface area contributed by atoms with Crippen LogP contribution in [0.15, 0.2) is 24.3 Å². The van der Waals surface area contributed by atoms with E-state index in [1.54, 1.807) is 20.8 Å². The van der Waals surface area contributed by atoms with Crippen LogP contribution in [0.4, 0.5) is 4.79 Å². The first kappa shape index (κ1) is 21.9. The van der Waals surface area contributed by atoms with E-state index >= 15 is 0 Å². The lowest BCUT2D eigenvalue weighted by Crippen LogP contribution is -2.56. The van der Waals surface area contributed by atoms with Crippen LogP contribution >= 0.6 is 11.6 Å². The van der Waals surface area contributed by atoms with Gasteiger partial charge in [0.25, 0.3) is 0 Å². The molecule has 0 aliphatic carbocycles. The molecule has 2 aliphatic heterocycles. The van der Waals surface area contributed by atoms with Crippen LogP contribution in [0.1, 0.15) is 53.5 Å². The molecule has 2 unspecified atom stereocenters. The van der Waals surface area contributed by atoms with Gasteiger partial charge >= 0.3 is 6.09 Å². The molecule has 0 spiro atoms. The number of ether oxygens (including phenoxy) is 1. The number of rotatable bonds is 4. The zero-order chi connectivity index (χ0) is 21.6. The third kappa shape index (κ3) is 4.38. The molecule has 2 aliphatic rings. The number of nitrogens with one attached hydrogen (secondary N) is 2. The van der Waals surface area contributed by atoms with Crippen molar-refractivity contribution in [3.8, 4) is 0 Å². The number of hydrogen-bond donors (Lipinski definition) is 2. The molecule has 2 amide bonds. The van der Waals surface area contributed by atoms with Gasteiger partial charge in [-0.25, -0.2) is 4.79 Å². The largest absolute Gasteiger partial charge is 0.444 e. The summed E-state index contributed by atoms with van der Waals surface area (Å²) in [5.74, 6) is -0.108. The highest BCUT2D eigenvalue weighted by atomic mass is 35.5. The van der Waals surface area contributed by atoms with Gasteiger partial charge in [0.1, 0.15) is 11.6 Å². The van der Waals surface area contributed by atoms with Gasteiger partial charge in [-0.3, -0.25) is 10.1 Å². The van der Waals surface area contributed by atoms with E-state index in [1.807, 2.05) is 30.9 Å².